The molecule has 3 heterocycles. The number of benzene rings is 1. The molecule has 26 heavy (non-hydrogen) atoms. The van der Waals surface area contributed by atoms with Crippen molar-refractivity contribution < 1.29 is 4.42 Å². The van der Waals surface area contributed by atoms with Crippen LogP contribution >= 0.6 is 28.1 Å². The van der Waals surface area contributed by atoms with Crippen molar-refractivity contribution in [3.05, 3.63) is 75.8 Å². The van der Waals surface area contributed by atoms with Gasteiger partial charge in [-0.1, -0.05) is 40.2 Å². The zero-order valence-electron chi connectivity index (χ0n) is 13.3. The van der Waals surface area contributed by atoms with E-state index in [1.807, 2.05) is 54.6 Å². The Bertz CT molecular complexity index is 1130. The van der Waals surface area contributed by atoms with Gasteiger partial charge in [-0.2, -0.15) is 14.9 Å². The van der Waals surface area contributed by atoms with E-state index >= 15 is 0 Å². The van der Waals surface area contributed by atoms with Gasteiger partial charge in [-0.3, -0.25) is 4.98 Å². The molecule has 0 saturated carbocycles. The summed E-state index contributed by atoms with van der Waals surface area (Å²) in [7, 11) is 0. The maximum absolute atomic E-state index is 5.86. The molecule has 0 saturated heterocycles. The number of hydrogen-bond acceptors (Lipinski definition) is 5. The number of halogens is 1. The van der Waals surface area contributed by atoms with Crippen LogP contribution in [-0.4, -0.2) is 26.1 Å². The molecule has 0 radical (unpaired) electrons. The summed E-state index contributed by atoms with van der Waals surface area (Å²) < 4.78 is 8.71. The number of furan rings is 1. The fourth-order valence-electron chi connectivity index (χ4n) is 2.40. The highest BCUT2D eigenvalue weighted by Crippen LogP contribution is 2.29. The summed E-state index contributed by atoms with van der Waals surface area (Å²) in [6, 6.07) is 17.2. The second-order valence-corrected chi connectivity index (χ2v) is 6.55. The summed E-state index contributed by atoms with van der Waals surface area (Å²) in [4.78, 5) is 4.28. The van der Waals surface area contributed by atoms with E-state index in [0.29, 0.717) is 22.0 Å². The van der Waals surface area contributed by atoms with Gasteiger partial charge in [-0.15, -0.1) is 0 Å². The fraction of sp³-hybridized carbons (Fsp3) is 0. The summed E-state index contributed by atoms with van der Waals surface area (Å²) in [6.45, 7) is 0. The number of aromatic amines is 1. The van der Waals surface area contributed by atoms with Gasteiger partial charge in [-0.05, 0) is 42.5 Å². The van der Waals surface area contributed by atoms with Gasteiger partial charge in [0.2, 0.25) is 10.6 Å². The summed E-state index contributed by atoms with van der Waals surface area (Å²) in [5.74, 6) is 1.88. The Kier molecular flexibility index (Phi) is 4.59. The second-order valence-electron chi connectivity index (χ2n) is 5.31. The van der Waals surface area contributed by atoms with Crippen LogP contribution < -0.4 is 0 Å². The first-order valence-corrected chi connectivity index (χ1v) is 8.90. The van der Waals surface area contributed by atoms with Gasteiger partial charge in [0.1, 0.15) is 17.2 Å². The largest absolute Gasteiger partial charge is 0.455 e. The third-order valence-corrected chi connectivity index (χ3v) is 4.57. The molecular weight excluding hydrogens is 414 g/mol. The van der Waals surface area contributed by atoms with Crippen LogP contribution in [0.1, 0.15) is 5.76 Å². The van der Waals surface area contributed by atoms with Gasteiger partial charge in [0.05, 0.1) is 6.21 Å². The lowest BCUT2D eigenvalue weighted by Gasteiger charge is -2.00. The van der Waals surface area contributed by atoms with Crippen LogP contribution in [0.15, 0.2) is 74.8 Å². The molecule has 128 valence electrons. The number of rotatable bonds is 4. The van der Waals surface area contributed by atoms with Crippen molar-refractivity contribution in [3.63, 3.8) is 0 Å². The first-order chi connectivity index (χ1) is 12.7. The van der Waals surface area contributed by atoms with Crippen LogP contribution in [-0.2, 0) is 0 Å². The highest BCUT2D eigenvalue weighted by atomic mass is 79.9. The van der Waals surface area contributed by atoms with E-state index in [9.17, 15) is 0 Å². The minimum atomic E-state index is 0.375. The molecule has 4 rings (SSSR count). The summed E-state index contributed by atoms with van der Waals surface area (Å²) >= 11 is 8.78. The average molecular weight is 426 g/mol. The Balaban J connectivity index is 1.65. The Morgan fingerprint density at radius 3 is 2.77 bits per heavy atom. The average Bonchev–Trinajstić information content (AvgIpc) is 3.28. The van der Waals surface area contributed by atoms with E-state index in [1.165, 1.54) is 4.68 Å². The van der Waals surface area contributed by atoms with E-state index in [-0.39, 0.29) is 0 Å². The molecule has 3 aromatic heterocycles. The van der Waals surface area contributed by atoms with Gasteiger partial charge >= 0.3 is 0 Å². The first kappa shape index (κ1) is 16.6. The zero-order chi connectivity index (χ0) is 17.9. The van der Waals surface area contributed by atoms with Crippen LogP contribution in [0.5, 0.6) is 0 Å². The fourth-order valence-corrected chi connectivity index (χ4v) is 3.06. The van der Waals surface area contributed by atoms with E-state index in [2.05, 4.69) is 36.2 Å². The Morgan fingerprint density at radius 2 is 1.96 bits per heavy atom. The summed E-state index contributed by atoms with van der Waals surface area (Å²) in [6.07, 6.45) is 3.29. The molecule has 6 nitrogen and oxygen atoms in total. The quantitative estimate of drug-likeness (QED) is 0.372. The van der Waals surface area contributed by atoms with Crippen LogP contribution in [0.4, 0.5) is 0 Å². The van der Waals surface area contributed by atoms with Crippen molar-refractivity contribution in [1.82, 2.24) is 19.9 Å². The number of nitrogens with zero attached hydrogens (tertiary/aromatic N) is 4. The van der Waals surface area contributed by atoms with Crippen molar-refractivity contribution in [2.24, 2.45) is 5.10 Å². The number of pyridine rings is 1. The Labute approximate surface area is 162 Å². The van der Waals surface area contributed by atoms with Crippen LogP contribution in [0.25, 0.3) is 22.8 Å². The van der Waals surface area contributed by atoms with Crippen molar-refractivity contribution in [1.29, 1.82) is 0 Å². The molecule has 0 unspecified atom stereocenters. The van der Waals surface area contributed by atoms with E-state index in [0.717, 1.165) is 15.8 Å². The monoisotopic (exact) mass is 425 g/mol. The Hall–Kier alpha value is -2.84. The molecular formula is C18H12BrN5OS. The van der Waals surface area contributed by atoms with Crippen LogP contribution in [0.2, 0.25) is 0 Å². The third kappa shape index (κ3) is 3.29. The highest BCUT2D eigenvalue weighted by molar-refractivity contribution is 9.10. The maximum Gasteiger partial charge on any atom is 0.216 e. The topological polar surface area (TPSA) is 72.0 Å². The van der Waals surface area contributed by atoms with Crippen molar-refractivity contribution in [2.75, 3.05) is 0 Å². The normalized spacial score (nSPS) is 11.3. The van der Waals surface area contributed by atoms with Crippen LogP contribution in [0.3, 0.4) is 0 Å². The van der Waals surface area contributed by atoms with Gasteiger partial charge < -0.3 is 4.42 Å². The highest BCUT2D eigenvalue weighted by Gasteiger charge is 2.10. The van der Waals surface area contributed by atoms with Crippen molar-refractivity contribution in [2.45, 2.75) is 0 Å². The smallest absolute Gasteiger partial charge is 0.216 e. The van der Waals surface area contributed by atoms with E-state index in [4.69, 9.17) is 16.6 Å². The summed E-state index contributed by atoms with van der Waals surface area (Å²) in [5, 5.41) is 11.3. The molecule has 0 aliphatic heterocycles. The summed E-state index contributed by atoms with van der Waals surface area (Å²) in [5.41, 5.74) is 1.64. The molecule has 0 aliphatic rings. The second kappa shape index (κ2) is 7.19. The standard InChI is InChI=1S/C18H12BrN5OS/c19-14-6-2-1-5-13(14)16-9-8-12(25-16)11-21-24-17(22-23-18(24)26)15-7-3-4-10-20-15/h1-11H,(H,23,26)/b21-11-. The third-order valence-electron chi connectivity index (χ3n) is 3.61. The van der Waals surface area contributed by atoms with E-state index in [1.54, 1.807) is 12.4 Å². The van der Waals surface area contributed by atoms with Gasteiger partial charge in [0.15, 0.2) is 0 Å². The van der Waals surface area contributed by atoms with E-state index < -0.39 is 0 Å². The number of aromatic nitrogens is 4. The molecule has 0 atom stereocenters. The lowest BCUT2D eigenvalue weighted by molar-refractivity contribution is 0.574. The predicted octanol–water partition coefficient (Wildman–Crippen LogP) is 4.91. The molecule has 1 N–H and O–H groups in total. The first-order valence-electron chi connectivity index (χ1n) is 7.70. The molecule has 0 spiro atoms. The molecule has 0 amide bonds. The van der Waals surface area contributed by atoms with Crippen molar-refractivity contribution >= 4 is 34.4 Å². The molecule has 4 aromatic rings. The Morgan fingerprint density at radius 1 is 1.12 bits per heavy atom. The predicted molar refractivity (Wildman–Crippen MR) is 105 cm³/mol. The molecule has 1 aromatic carbocycles. The number of H-pyrrole nitrogens is 1. The molecule has 0 bridgehead atoms. The lowest BCUT2D eigenvalue weighted by Crippen LogP contribution is -1.95. The number of nitrogens with one attached hydrogen (secondary N) is 1. The minimum Gasteiger partial charge on any atom is -0.455 e. The molecule has 0 fully saturated rings. The van der Waals surface area contributed by atoms with Gasteiger partial charge in [-0.25, -0.2) is 5.10 Å². The minimum absolute atomic E-state index is 0.375. The molecule has 0 aliphatic carbocycles. The maximum atomic E-state index is 5.86. The van der Waals surface area contributed by atoms with Crippen LogP contribution in [0, 0.1) is 4.77 Å². The van der Waals surface area contributed by atoms with Crippen molar-refractivity contribution in [3.8, 4) is 22.8 Å². The SMILES string of the molecule is S=c1[nH]nc(-c2ccccn2)n1/N=C\c1ccc(-c2ccccc2Br)o1. The zero-order valence-corrected chi connectivity index (χ0v) is 15.7. The van der Waals surface area contributed by atoms with Gasteiger partial charge in [0.25, 0.3) is 0 Å². The number of hydrogen-bond donors (Lipinski definition) is 1. The van der Waals surface area contributed by atoms with Gasteiger partial charge in [0, 0.05) is 16.2 Å². The lowest BCUT2D eigenvalue weighted by atomic mass is 10.2. The molecule has 8 heteroatoms.